The summed E-state index contributed by atoms with van der Waals surface area (Å²) in [7, 11) is 0. The molecule has 0 aromatic carbocycles. The van der Waals surface area contributed by atoms with Gasteiger partial charge < -0.3 is 14.8 Å². The molecule has 3 heteroatoms. The Hall–Kier alpha value is -0.120. The van der Waals surface area contributed by atoms with Crippen LogP contribution in [0.25, 0.3) is 0 Å². The smallest absolute Gasteiger partial charge is 0.0958 e. The van der Waals surface area contributed by atoms with Crippen LogP contribution in [0.3, 0.4) is 0 Å². The predicted octanol–water partition coefficient (Wildman–Crippen LogP) is 1.57. The third kappa shape index (κ3) is 4.40. The van der Waals surface area contributed by atoms with Crippen molar-refractivity contribution in [3.63, 3.8) is 0 Å². The molecular weight excluding hydrogens is 178 g/mol. The molecule has 1 N–H and O–H groups in total. The highest BCUT2D eigenvalue weighted by Gasteiger charge is 2.20. The van der Waals surface area contributed by atoms with Crippen LogP contribution >= 0.6 is 0 Å². The van der Waals surface area contributed by atoms with Gasteiger partial charge in [-0.05, 0) is 13.3 Å². The van der Waals surface area contributed by atoms with Gasteiger partial charge in [0, 0.05) is 19.7 Å². The molecule has 1 aliphatic rings. The molecule has 1 aliphatic heterocycles. The van der Waals surface area contributed by atoms with Gasteiger partial charge in [-0.1, -0.05) is 19.8 Å². The van der Waals surface area contributed by atoms with Crippen LogP contribution in [0.15, 0.2) is 0 Å². The summed E-state index contributed by atoms with van der Waals surface area (Å²) >= 11 is 0. The largest absolute Gasteiger partial charge is 0.376 e. The van der Waals surface area contributed by atoms with Gasteiger partial charge in [0.25, 0.3) is 0 Å². The van der Waals surface area contributed by atoms with Gasteiger partial charge in [-0.3, -0.25) is 0 Å². The Balaban J connectivity index is 2.04. The first-order valence-corrected chi connectivity index (χ1v) is 5.78. The summed E-state index contributed by atoms with van der Waals surface area (Å²) < 4.78 is 11.3. The molecule has 1 fully saturated rings. The third-order valence-electron chi connectivity index (χ3n) is 2.61. The van der Waals surface area contributed by atoms with E-state index >= 15 is 0 Å². The Morgan fingerprint density at radius 1 is 1.50 bits per heavy atom. The molecule has 0 amide bonds. The van der Waals surface area contributed by atoms with Gasteiger partial charge in [0.05, 0.1) is 18.8 Å². The molecule has 2 atom stereocenters. The molecule has 84 valence electrons. The van der Waals surface area contributed by atoms with E-state index in [1.54, 1.807) is 0 Å². The van der Waals surface area contributed by atoms with Crippen LogP contribution in [0, 0.1) is 0 Å². The van der Waals surface area contributed by atoms with Crippen molar-refractivity contribution in [2.45, 2.75) is 45.3 Å². The number of ether oxygens (including phenoxy) is 2. The van der Waals surface area contributed by atoms with Gasteiger partial charge >= 0.3 is 0 Å². The first-order chi connectivity index (χ1) is 6.84. The Morgan fingerprint density at radius 3 is 3.00 bits per heavy atom. The molecule has 0 spiro atoms. The summed E-state index contributed by atoms with van der Waals surface area (Å²) in [4.78, 5) is 0. The normalized spacial score (nSPS) is 24.9. The van der Waals surface area contributed by atoms with E-state index in [0.29, 0.717) is 0 Å². The van der Waals surface area contributed by atoms with Crippen molar-refractivity contribution in [3.8, 4) is 0 Å². The second kappa shape index (κ2) is 7.21. The van der Waals surface area contributed by atoms with Crippen LogP contribution < -0.4 is 5.32 Å². The summed E-state index contributed by atoms with van der Waals surface area (Å²) in [5, 5.41) is 3.31. The lowest BCUT2D eigenvalue weighted by Crippen LogP contribution is -2.45. The van der Waals surface area contributed by atoms with Crippen molar-refractivity contribution >= 4 is 0 Å². The molecular formula is C11H23NO2. The Morgan fingerprint density at radius 2 is 2.36 bits per heavy atom. The van der Waals surface area contributed by atoms with E-state index in [-0.39, 0.29) is 12.2 Å². The molecule has 1 saturated heterocycles. The molecule has 0 radical (unpaired) electrons. The maximum atomic E-state index is 5.72. The fourth-order valence-corrected chi connectivity index (χ4v) is 1.62. The zero-order valence-corrected chi connectivity index (χ0v) is 9.42. The van der Waals surface area contributed by atoms with Crippen LogP contribution in [0.4, 0.5) is 0 Å². The van der Waals surface area contributed by atoms with E-state index in [4.69, 9.17) is 9.47 Å². The van der Waals surface area contributed by atoms with E-state index in [9.17, 15) is 0 Å². The molecule has 3 nitrogen and oxygen atoms in total. The zero-order valence-electron chi connectivity index (χ0n) is 9.42. The molecule has 0 aromatic rings. The van der Waals surface area contributed by atoms with E-state index in [1.807, 2.05) is 0 Å². The molecule has 2 unspecified atom stereocenters. The number of unbranched alkanes of at least 4 members (excludes halogenated alkanes) is 2. The standard InChI is InChI=1S/C11H23NO2/c1-3-4-5-7-13-10(2)11-9-12-6-8-14-11/h10-12H,3-9H2,1-2H3. The van der Waals surface area contributed by atoms with Crippen LogP contribution in [-0.2, 0) is 9.47 Å². The number of morpholine rings is 1. The van der Waals surface area contributed by atoms with Gasteiger partial charge in [-0.25, -0.2) is 0 Å². The lowest BCUT2D eigenvalue weighted by atomic mass is 10.2. The van der Waals surface area contributed by atoms with Crippen LogP contribution in [0.2, 0.25) is 0 Å². The van der Waals surface area contributed by atoms with Gasteiger partial charge in [0.15, 0.2) is 0 Å². The minimum atomic E-state index is 0.222. The zero-order chi connectivity index (χ0) is 10.2. The maximum absolute atomic E-state index is 5.72. The quantitative estimate of drug-likeness (QED) is 0.662. The SMILES string of the molecule is CCCCCOC(C)C1CNCCO1. The van der Waals surface area contributed by atoms with E-state index in [1.165, 1.54) is 19.3 Å². The van der Waals surface area contributed by atoms with Crippen LogP contribution in [-0.4, -0.2) is 38.5 Å². The van der Waals surface area contributed by atoms with Crippen molar-refractivity contribution in [2.75, 3.05) is 26.3 Å². The first-order valence-electron chi connectivity index (χ1n) is 5.78. The van der Waals surface area contributed by atoms with Crippen molar-refractivity contribution in [1.82, 2.24) is 5.32 Å². The molecule has 0 saturated carbocycles. The monoisotopic (exact) mass is 201 g/mol. The van der Waals surface area contributed by atoms with E-state index < -0.39 is 0 Å². The van der Waals surface area contributed by atoms with Gasteiger partial charge in [-0.2, -0.15) is 0 Å². The average Bonchev–Trinajstić information content (AvgIpc) is 2.25. The van der Waals surface area contributed by atoms with Crippen molar-refractivity contribution in [3.05, 3.63) is 0 Å². The molecule has 1 rings (SSSR count). The first kappa shape index (κ1) is 12.0. The minimum Gasteiger partial charge on any atom is -0.376 e. The summed E-state index contributed by atoms with van der Waals surface area (Å²) in [5.41, 5.74) is 0. The molecule has 0 bridgehead atoms. The van der Waals surface area contributed by atoms with Crippen molar-refractivity contribution < 1.29 is 9.47 Å². The lowest BCUT2D eigenvalue weighted by molar-refractivity contribution is -0.0766. The third-order valence-corrected chi connectivity index (χ3v) is 2.61. The second-order valence-corrected chi connectivity index (χ2v) is 3.90. The summed E-state index contributed by atoms with van der Waals surface area (Å²) in [5.74, 6) is 0. The number of rotatable bonds is 6. The summed E-state index contributed by atoms with van der Waals surface area (Å²) in [6, 6.07) is 0. The molecule has 14 heavy (non-hydrogen) atoms. The predicted molar refractivity (Wildman–Crippen MR) is 57.5 cm³/mol. The molecule has 0 aromatic heterocycles. The second-order valence-electron chi connectivity index (χ2n) is 3.90. The lowest BCUT2D eigenvalue weighted by Gasteiger charge is -2.28. The highest BCUT2D eigenvalue weighted by molar-refractivity contribution is 4.72. The van der Waals surface area contributed by atoms with E-state index in [0.717, 1.165) is 26.3 Å². The highest BCUT2D eigenvalue weighted by Crippen LogP contribution is 2.07. The summed E-state index contributed by atoms with van der Waals surface area (Å²) in [6.07, 6.45) is 4.14. The average molecular weight is 201 g/mol. The number of nitrogens with one attached hydrogen (secondary N) is 1. The van der Waals surface area contributed by atoms with Gasteiger partial charge in [-0.15, -0.1) is 0 Å². The van der Waals surface area contributed by atoms with Gasteiger partial charge in [0.1, 0.15) is 0 Å². The maximum Gasteiger partial charge on any atom is 0.0958 e. The molecule has 0 aliphatic carbocycles. The van der Waals surface area contributed by atoms with Crippen molar-refractivity contribution in [1.29, 1.82) is 0 Å². The fourth-order valence-electron chi connectivity index (χ4n) is 1.62. The van der Waals surface area contributed by atoms with Crippen LogP contribution in [0.5, 0.6) is 0 Å². The Bertz CT molecular complexity index is 135. The van der Waals surface area contributed by atoms with Crippen LogP contribution in [0.1, 0.15) is 33.1 Å². The Labute approximate surface area is 87.2 Å². The number of hydrogen-bond donors (Lipinski definition) is 1. The highest BCUT2D eigenvalue weighted by atomic mass is 16.5. The Kier molecular flexibility index (Phi) is 6.15. The van der Waals surface area contributed by atoms with Gasteiger partial charge in [0.2, 0.25) is 0 Å². The fraction of sp³-hybridized carbons (Fsp3) is 1.00. The van der Waals surface area contributed by atoms with Crippen molar-refractivity contribution in [2.24, 2.45) is 0 Å². The molecule has 1 heterocycles. The number of hydrogen-bond acceptors (Lipinski definition) is 3. The van der Waals surface area contributed by atoms with E-state index in [2.05, 4.69) is 19.2 Å². The topological polar surface area (TPSA) is 30.5 Å². The summed E-state index contributed by atoms with van der Waals surface area (Å²) in [6.45, 7) is 7.89. The minimum absolute atomic E-state index is 0.222.